The van der Waals surface area contributed by atoms with Gasteiger partial charge in [0.05, 0.1) is 0 Å². The average Bonchev–Trinajstić information content (AvgIpc) is 2.23. The molecule has 0 N–H and O–H groups in total. The van der Waals surface area contributed by atoms with Gasteiger partial charge in [0.15, 0.2) is 0 Å². The molecule has 126 valence electrons. The van der Waals surface area contributed by atoms with Gasteiger partial charge in [0.1, 0.15) is 0 Å². The molecular weight excluding hydrogens is 349 g/mol. The van der Waals surface area contributed by atoms with Gasteiger partial charge in [0.25, 0.3) is 0 Å². The van der Waals surface area contributed by atoms with Crippen molar-refractivity contribution < 1.29 is 52.7 Å². The second kappa shape index (κ2) is 4.91. The summed E-state index contributed by atoms with van der Waals surface area (Å²) >= 11 is 0. The minimum Gasteiger partial charge on any atom is -0.266 e. The largest absolute Gasteiger partial charge is 0.516 e. The molecule has 0 heterocycles. The van der Waals surface area contributed by atoms with E-state index in [4.69, 9.17) is 0 Å². The van der Waals surface area contributed by atoms with Gasteiger partial charge in [-0.05, 0) is 0 Å². The van der Waals surface area contributed by atoms with Gasteiger partial charge in [-0.1, -0.05) is 0 Å². The molecule has 0 saturated carbocycles. The molecule has 0 aromatic carbocycles. The van der Waals surface area contributed by atoms with E-state index in [1.807, 2.05) is 0 Å². The first-order chi connectivity index (χ1) is 8.82. The Bertz CT molecular complexity index is 518. The Morgan fingerprint density at radius 3 is 1.48 bits per heavy atom. The van der Waals surface area contributed by atoms with Gasteiger partial charge >= 0.3 is 39.2 Å². The van der Waals surface area contributed by atoms with E-state index in [1.165, 1.54) is 0 Å². The molecule has 0 fully saturated rings. The number of hydrogen-bond acceptors (Lipinski definition) is 3. The highest BCUT2D eigenvalue weighted by Crippen LogP contribution is 2.46. The average molecular weight is 355 g/mol. The van der Waals surface area contributed by atoms with Crippen LogP contribution in [0.5, 0.6) is 0 Å². The summed E-state index contributed by atoms with van der Waals surface area (Å²) in [6.45, 7) is -0.716. The van der Waals surface area contributed by atoms with Crippen molar-refractivity contribution in [2.75, 3.05) is 7.05 Å². The van der Waals surface area contributed by atoms with Crippen molar-refractivity contribution in [3.63, 3.8) is 0 Å². The maximum Gasteiger partial charge on any atom is 0.516 e. The van der Waals surface area contributed by atoms with E-state index in [0.29, 0.717) is 0 Å². The SMILES string of the molecule is CN(C(=O)C(F)(F)C(F)(F)C(C)(F)F)S(=O)(=O)C(F)(F)F. The molecule has 0 unspecified atom stereocenters. The zero-order valence-corrected chi connectivity index (χ0v) is 10.8. The summed E-state index contributed by atoms with van der Waals surface area (Å²) in [5.41, 5.74) is -6.27. The van der Waals surface area contributed by atoms with Gasteiger partial charge in [0, 0.05) is 14.0 Å². The molecule has 0 aromatic heterocycles. The van der Waals surface area contributed by atoms with E-state index in [2.05, 4.69) is 0 Å². The fraction of sp³-hybridized carbons (Fsp3) is 0.857. The summed E-state index contributed by atoms with van der Waals surface area (Å²) in [4.78, 5) is 10.8. The van der Waals surface area contributed by atoms with Crippen LogP contribution in [-0.2, 0) is 14.8 Å². The number of nitrogens with zero attached hydrogens (tertiary/aromatic N) is 1. The van der Waals surface area contributed by atoms with Gasteiger partial charge in [-0.15, -0.1) is 0 Å². The third kappa shape index (κ3) is 3.03. The Hall–Kier alpha value is -1.21. The van der Waals surface area contributed by atoms with Crippen molar-refractivity contribution in [2.24, 2.45) is 0 Å². The Labute approximate surface area is 111 Å². The summed E-state index contributed by atoms with van der Waals surface area (Å²) in [5, 5.41) is 0. The predicted octanol–water partition coefficient (Wildman–Crippen LogP) is 2.22. The molecule has 0 rings (SSSR count). The number of rotatable bonds is 4. The van der Waals surface area contributed by atoms with Gasteiger partial charge in [-0.2, -0.15) is 47.9 Å². The molecule has 0 radical (unpaired) electrons. The lowest BCUT2D eigenvalue weighted by molar-refractivity contribution is -0.293. The molecule has 0 aromatic rings. The Morgan fingerprint density at radius 2 is 1.24 bits per heavy atom. The van der Waals surface area contributed by atoms with Crippen molar-refractivity contribution in [1.82, 2.24) is 4.31 Å². The van der Waals surface area contributed by atoms with E-state index >= 15 is 0 Å². The molecule has 0 aliphatic rings. The predicted molar refractivity (Wildman–Crippen MR) is 48.3 cm³/mol. The molecule has 14 heteroatoms. The summed E-state index contributed by atoms with van der Waals surface area (Å²) in [6, 6.07) is 0. The molecule has 1 amide bonds. The van der Waals surface area contributed by atoms with Crippen LogP contribution < -0.4 is 0 Å². The first-order valence-corrected chi connectivity index (χ1v) is 5.99. The number of halogens is 9. The van der Waals surface area contributed by atoms with Gasteiger partial charge in [0.2, 0.25) is 0 Å². The van der Waals surface area contributed by atoms with Gasteiger partial charge < -0.3 is 0 Å². The van der Waals surface area contributed by atoms with E-state index in [9.17, 15) is 52.7 Å². The summed E-state index contributed by atoms with van der Waals surface area (Å²) < 4.78 is 132. The number of carbonyl (C=O) groups is 1. The van der Waals surface area contributed by atoms with Crippen molar-refractivity contribution in [2.45, 2.75) is 30.2 Å². The van der Waals surface area contributed by atoms with Crippen LogP contribution in [0.3, 0.4) is 0 Å². The number of alkyl halides is 9. The van der Waals surface area contributed by atoms with Crippen LogP contribution in [0.1, 0.15) is 6.92 Å². The molecule has 0 bridgehead atoms. The Kier molecular flexibility index (Phi) is 4.63. The smallest absolute Gasteiger partial charge is 0.266 e. The number of sulfonamides is 1. The zero-order valence-electron chi connectivity index (χ0n) is 9.98. The zero-order chi connectivity index (χ0) is 17.7. The summed E-state index contributed by atoms with van der Waals surface area (Å²) in [5.74, 6) is -22.0. The van der Waals surface area contributed by atoms with Crippen LogP contribution in [-0.4, -0.2) is 49.0 Å². The van der Waals surface area contributed by atoms with Crippen LogP contribution in [0, 0.1) is 0 Å². The third-order valence-corrected chi connectivity index (χ3v) is 3.63. The minimum atomic E-state index is -6.74. The highest BCUT2D eigenvalue weighted by Gasteiger charge is 2.74. The maximum atomic E-state index is 13.0. The molecule has 0 aliphatic carbocycles. The maximum absolute atomic E-state index is 13.0. The van der Waals surface area contributed by atoms with Crippen LogP contribution >= 0.6 is 0 Å². The van der Waals surface area contributed by atoms with E-state index < -0.39 is 57.5 Å². The molecule has 21 heavy (non-hydrogen) atoms. The topological polar surface area (TPSA) is 54.5 Å². The van der Waals surface area contributed by atoms with Gasteiger partial charge in [-0.3, -0.25) is 4.79 Å². The summed E-state index contributed by atoms with van der Waals surface area (Å²) in [6.07, 6.45) is 0. The quantitative estimate of drug-likeness (QED) is 0.727. The van der Waals surface area contributed by atoms with Crippen molar-refractivity contribution in [3.8, 4) is 0 Å². The van der Waals surface area contributed by atoms with Crippen molar-refractivity contribution in [3.05, 3.63) is 0 Å². The highest BCUT2D eigenvalue weighted by atomic mass is 32.2. The summed E-state index contributed by atoms with van der Waals surface area (Å²) in [7, 11) is -7.15. The Morgan fingerprint density at radius 1 is 0.905 bits per heavy atom. The number of hydrogen-bond donors (Lipinski definition) is 0. The Balaban J connectivity index is 5.86. The van der Waals surface area contributed by atoms with Crippen LogP contribution in [0.4, 0.5) is 39.5 Å². The van der Waals surface area contributed by atoms with Crippen molar-refractivity contribution in [1.29, 1.82) is 0 Å². The van der Waals surface area contributed by atoms with Crippen molar-refractivity contribution >= 4 is 15.9 Å². The first-order valence-electron chi connectivity index (χ1n) is 4.55. The van der Waals surface area contributed by atoms with Crippen LogP contribution in [0.15, 0.2) is 0 Å². The normalized spacial score (nSPS) is 15.0. The second-order valence-electron chi connectivity index (χ2n) is 3.76. The fourth-order valence-electron chi connectivity index (χ4n) is 0.872. The van der Waals surface area contributed by atoms with Crippen LogP contribution in [0.2, 0.25) is 0 Å². The fourth-order valence-corrected chi connectivity index (χ4v) is 1.52. The number of carbonyl (C=O) groups excluding carboxylic acids is 1. The number of amides is 1. The molecule has 0 atom stereocenters. The molecule has 0 saturated heterocycles. The highest BCUT2D eigenvalue weighted by molar-refractivity contribution is 7.90. The molecule has 0 aliphatic heterocycles. The molecule has 0 spiro atoms. The van der Waals surface area contributed by atoms with E-state index in [0.717, 1.165) is 0 Å². The monoisotopic (exact) mass is 355 g/mol. The lowest BCUT2D eigenvalue weighted by Crippen LogP contribution is -2.61. The van der Waals surface area contributed by atoms with Crippen LogP contribution in [0.25, 0.3) is 0 Å². The lowest BCUT2D eigenvalue weighted by atomic mass is 10.1. The lowest BCUT2D eigenvalue weighted by Gasteiger charge is -2.32. The standard InChI is InChI=1S/C7H6F9NO3S/c1-4(8,9)6(12,13)5(10,11)3(18)17(2)21(19,20)7(14,15)16/h1-2H3. The second-order valence-corrected chi connectivity index (χ2v) is 5.72. The van der Waals surface area contributed by atoms with E-state index in [1.54, 1.807) is 0 Å². The molecule has 4 nitrogen and oxygen atoms in total. The molecular formula is C7H6F9NO3S. The first kappa shape index (κ1) is 19.8. The van der Waals surface area contributed by atoms with Gasteiger partial charge in [-0.25, -0.2) is 4.31 Å². The minimum absolute atomic E-state index is 0.414. The third-order valence-electron chi connectivity index (χ3n) is 2.15. The van der Waals surface area contributed by atoms with E-state index in [-0.39, 0.29) is 0 Å².